The third kappa shape index (κ3) is 3.93. The van der Waals surface area contributed by atoms with Crippen LogP contribution in [0.2, 0.25) is 0 Å². The summed E-state index contributed by atoms with van der Waals surface area (Å²) in [5, 5.41) is 7.10. The molecule has 2 aromatic rings. The fourth-order valence-electron chi connectivity index (χ4n) is 1.98. The third-order valence-corrected chi connectivity index (χ3v) is 3.45. The molecule has 1 aromatic heterocycles. The fraction of sp³-hybridized carbons (Fsp3) is 0.333. The van der Waals surface area contributed by atoms with Crippen molar-refractivity contribution >= 4 is 27.7 Å². The number of carbonyl (C=O) groups excluding carboxylic acids is 1. The van der Waals surface area contributed by atoms with Gasteiger partial charge in [0.1, 0.15) is 5.82 Å². The Balaban J connectivity index is 1.91. The van der Waals surface area contributed by atoms with Crippen molar-refractivity contribution in [3.63, 3.8) is 0 Å². The van der Waals surface area contributed by atoms with E-state index in [0.29, 0.717) is 6.42 Å². The standard InChI is InChI=1S/C15H18BrN3O/c1-11(2)19-14(8-9-17-19)18-15(20)7-6-12-4-3-5-13(16)10-12/h3-5,8-11H,6-7H2,1-2H3,(H,18,20). The van der Waals surface area contributed by atoms with E-state index in [0.717, 1.165) is 22.3 Å². The zero-order valence-corrected chi connectivity index (χ0v) is 13.2. The highest BCUT2D eigenvalue weighted by molar-refractivity contribution is 9.10. The van der Waals surface area contributed by atoms with E-state index in [2.05, 4.69) is 26.3 Å². The smallest absolute Gasteiger partial charge is 0.225 e. The number of benzene rings is 1. The highest BCUT2D eigenvalue weighted by Gasteiger charge is 2.09. The molecule has 4 nitrogen and oxygen atoms in total. The summed E-state index contributed by atoms with van der Waals surface area (Å²) in [5.41, 5.74) is 1.15. The van der Waals surface area contributed by atoms with Crippen LogP contribution in [-0.2, 0) is 11.2 Å². The number of aryl methyl sites for hydroxylation is 1. The second-order valence-electron chi connectivity index (χ2n) is 4.93. The van der Waals surface area contributed by atoms with Crippen LogP contribution in [0.15, 0.2) is 41.0 Å². The van der Waals surface area contributed by atoms with E-state index in [1.54, 1.807) is 10.9 Å². The quantitative estimate of drug-likeness (QED) is 0.903. The molecule has 1 amide bonds. The normalized spacial score (nSPS) is 10.8. The van der Waals surface area contributed by atoms with Crippen molar-refractivity contribution in [2.24, 2.45) is 0 Å². The van der Waals surface area contributed by atoms with E-state index < -0.39 is 0 Å². The Morgan fingerprint density at radius 1 is 1.40 bits per heavy atom. The van der Waals surface area contributed by atoms with Crippen LogP contribution in [0.4, 0.5) is 5.82 Å². The summed E-state index contributed by atoms with van der Waals surface area (Å²) >= 11 is 3.43. The molecule has 20 heavy (non-hydrogen) atoms. The number of hydrogen-bond donors (Lipinski definition) is 1. The lowest BCUT2D eigenvalue weighted by Gasteiger charge is -2.11. The lowest BCUT2D eigenvalue weighted by molar-refractivity contribution is -0.116. The summed E-state index contributed by atoms with van der Waals surface area (Å²) in [6.07, 6.45) is 2.88. The summed E-state index contributed by atoms with van der Waals surface area (Å²) in [5.74, 6) is 0.756. The van der Waals surface area contributed by atoms with Gasteiger partial charge >= 0.3 is 0 Å². The van der Waals surface area contributed by atoms with Gasteiger partial charge in [0.05, 0.1) is 6.20 Å². The van der Waals surface area contributed by atoms with Gasteiger partial charge in [-0.3, -0.25) is 4.79 Å². The van der Waals surface area contributed by atoms with Gasteiger partial charge < -0.3 is 5.32 Å². The molecular formula is C15H18BrN3O. The van der Waals surface area contributed by atoms with Crippen molar-refractivity contribution < 1.29 is 4.79 Å². The summed E-state index contributed by atoms with van der Waals surface area (Å²) in [4.78, 5) is 12.0. The Labute approximate surface area is 127 Å². The third-order valence-electron chi connectivity index (χ3n) is 2.96. The number of halogens is 1. The maximum Gasteiger partial charge on any atom is 0.225 e. The Morgan fingerprint density at radius 3 is 2.90 bits per heavy atom. The number of rotatable bonds is 5. The second kappa shape index (κ2) is 6.70. The van der Waals surface area contributed by atoms with Crippen molar-refractivity contribution in [3.8, 4) is 0 Å². The topological polar surface area (TPSA) is 46.9 Å². The zero-order chi connectivity index (χ0) is 14.5. The molecule has 5 heteroatoms. The summed E-state index contributed by atoms with van der Waals surface area (Å²) in [7, 11) is 0. The number of amides is 1. The Hall–Kier alpha value is -1.62. The Morgan fingerprint density at radius 2 is 2.20 bits per heavy atom. The molecule has 0 atom stereocenters. The minimum atomic E-state index is 0.00683. The van der Waals surface area contributed by atoms with E-state index in [9.17, 15) is 4.79 Å². The highest BCUT2D eigenvalue weighted by atomic mass is 79.9. The van der Waals surface area contributed by atoms with Crippen molar-refractivity contribution in [1.82, 2.24) is 9.78 Å². The molecule has 2 rings (SSSR count). The van der Waals surface area contributed by atoms with Crippen LogP contribution in [0, 0.1) is 0 Å². The van der Waals surface area contributed by atoms with Crippen LogP contribution < -0.4 is 5.32 Å². The van der Waals surface area contributed by atoms with Crippen LogP contribution in [0.5, 0.6) is 0 Å². The van der Waals surface area contributed by atoms with Gasteiger partial charge in [0.25, 0.3) is 0 Å². The molecule has 0 radical (unpaired) electrons. The SMILES string of the molecule is CC(C)n1nccc1NC(=O)CCc1cccc(Br)c1. The van der Waals surface area contributed by atoms with Crippen molar-refractivity contribution in [2.75, 3.05) is 5.32 Å². The monoisotopic (exact) mass is 335 g/mol. The molecule has 0 aliphatic rings. The maximum atomic E-state index is 12.0. The average molecular weight is 336 g/mol. The van der Waals surface area contributed by atoms with E-state index >= 15 is 0 Å². The van der Waals surface area contributed by atoms with Gasteiger partial charge in [-0.2, -0.15) is 5.10 Å². The van der Waals surface area contributed by atoms with Gasteiger partial charge in [-0.1, -0.05) is 28.1 Å². The van der Waals surface area contributed by atoms with Crippen molar-refractivity contribution in [3.05, 3.63) is 46.6 Å². The van der Waals surface area contributed by atoms with Gasteiger partial charge in [-0.25, -0.2) is 4.68 Å². The van der Waals surface area contributed by atoms with Crippen LogP contribution >= 0.6 is 15.9 Å². The minimum Gasteiger partial charge on any atom is -0.311 e. The zero-order valence-electron chi connectivity index (χ0n) is 11.6. The summed E-state index contributed by atoms with van der Waals surface area (Å²) < 4.78 is 2.84. The van der Waals surface area contributed by atoms with Crippen molar-refractivity contribution in [2.45, 2.75) is 32.7 Å². The number of nitrogens with zero attached hydrogens (tertiary/aromatic N) is 2. The predicted molar refractivity (Wildman–Crippen MR) is 83.7 cm³/mol. The first-order valence-electron chi connectivity index (χ1n) is 6.64. The van der Waals surface area contributed by atoms with E-state index in [1.165, 1.54) is 0 Å². The number of nitrogens with one attached hydrogen (secondary N) is 1. The van der Waals surface area contributed by atoms with E-state index in [4.69, 9.17) is 0 Å². The molecule has 0 aliphatic carbocycles. The van der Waals surface area contributed by atoms with Crippen LogP contribution in [0.3, 0.4) is 0 Å². The molecule has 106 valence electrons. The molecule has 0 bridgehead atoms. The number of anilines is 1. The number of carbonyl (C=O) groups is 1. The van der Waals surface area contributed by atoms with Gasteiger partial charge in [0.2, 0.25) is 5.91 Å². The molecule has 1 N–H and O–H groups in total. The minimum absolute atomic E-state index is 0.00683. The summed E-state index contributed by atoms with van der Waals surface area (Å²) in [6, 6.07) is 10.1. The number of aromatic nitrogens is 2. The van der Waals surface area contributed by atoms with Crippen LogP contribution in [0.25, 0.3) is 0 Å². The molecule has 0 aliphatic heterocycles. The Bertz CT molecular complexity index is 592. The molecule has 0 fully saturated rings. The Kier molecular flexibility index (Phi) is 4.95. The van der Waals surface area contributed by atoms with E-state index in [1.807, 2.05) is 44.2 Å². The van der Waals surface area contributed by atoms with Gasteiger partial charge in [0.15, 0.2) is 0 Å². The summed E-state index contributed by atoms with van der Waals surface area (Å²) in [6.45, 7) is 4.06. The largest absolute Gasteiger partial charge is 0.311 e. The van der Waals surface area contributed by atoms with Crippen LogP contribution in [-0.4, -0.2) is 15.7 Å². The molecule has 1 heterocycles. The molecule has 0 spiro atoms. The maximum absolute atomic E-state index is 12.0. The molecule has 1 aromatic carbocycles. The highest BCUT2D eigenvalue weighted by Crippen LogP contribution is 2.15. The van der Waals surface area contributed by atoms with Crippen LogP contribution in [0.1, 0.15) is 31.9 Å². The predicted octanol–water partition coefficient (Wildman–Crippen LogP) is 3.80. The average Bonchev–Trinajstić information content (AvgIpc) is 2.85. The molecule has 0 unspecified atom stereocenters. The first kappa shape index (κ1) is 14.8. The number of hydrogen-bond acceptors (Lipinski definition) is 2. The fourth-order valence-corrected chi connectivity index (χ4v) is 2.43. The van der Waals surface area contributed by atoms with Gasteiger partial charge in [0, 0.05) is 23.0 Å². The van der Waals surface area contributed by atoms with E-state index in [-0.39, 0.29) is 11.9 Å². The lowest BCUT2D eigenvalue weighted by atomic mass is 10.1. The van der Waals surface area contributed by atoms with Gasteiger partial charge in [-0.15, -0.1) is 0 Å². The first-order chi connectivity index (χ1) is 9.56. The van der Waals surface area contributed by atoms with Gasteiger partial charge in [-0.05, 0) is 38.0 Å². The molecular weight excluding hydrogens is 318 g/mol. The van der Waals surface area contributed by atoms with Crippen molar-refractivity contribution in [1.29, 1.82) is 0 Å². The molecule has 0 saturated carbocycles. The molecule has 0 saturated heterocycles. The first-order valence-corrected chi connectivity index (χ1v) is 7.43. The second-order valence-corrected chi connectivity index (χ2v) is 5.85. The lowest BCUT2D eigenvalue weighted by Crippen LogP contribution is -2.17.